The Kier molecular flexibility index (Phi) is 4.26. The van der Waals surface area contributed by atoms with Gasteiger partial charge in [-0.15, -0.1) is 0 Å². The molecule has 128 valence electrons. The number of aromatic nitrogens is 1. The van der Waals surface area contributed by atoms with Crippen molar-refractivity contribution in [3.05, 3.63) is 69.9 Å². The van der Waals surface area contributed by atoms with Crippen molar-refractivity contribution in [3.63, 3.8) is 0 Å². The van der Waals surface area contributed by atoms with Gasteiger partial charge in [-0.2, -0.15) is 0 Å². The number of aryl methyl sites for hydroxylation is 2. The number of benzene rings is 2. The smallest absolute Gasteiger partial charge is 0.268 e. The molecule has 4 heteroatoms. The first-order valence-corrected chi connectivity index (χ1v) is 9.19. The Labute approximate surface area is 152 Å². The van der Waals surface area contributed by atoms with Gasteiger partial charge in [0.1, 0.15) is 5.69 Å². The van der Waals surface area contributed by atoms with E-state index in [1.807, 2.05) is 31.2 Å². The lowest BCUT2D eigenvalue weighted by molar-refractivity contribution is 0.0935. The standard InChI is InChI=1S/C21H21ClN2O/c1-13(15-10-9-14-5-2-3-6-16(14)11-15)23-21(25)19-12-17-7-4-8-18(22)20(17)24-19/h4,7-13,24H,2-3,5-6H2,1H3,(H,23,25). The second-order valence-electron chi connectivity index (χ2n) is 6.82. The lowest BCUT2D eigenvalue weighted by Crippen LogP contribution is -2.27. The van der Waals surface area contributed by atoms with Crippen LogP contribution in [0.1, 0.15) is 53.0 Å². The van der Waals surface area contributed by atoms with Crippen LogP contribution in [-0.2, 0) is 12.8 Å². The van der Waals surface area contributed by atoms with Crippen LogP contribution in [0.5, 0.6) is 0 Å². The molecule has 1 amide bonds. The Morgan fingerprint density at radius 3 is 2.72 bits per heavy atom. The summed E-state index contributed by atoms with van der Waals surface area (Å²) in [5.41, 5.74) is 5.38. The second kappa shape index (κ2) is 6.57. The molecule has 1 unspecified atom stereocenters. The van der Waals surface area contributed by atoms with Crippen LogP contribution in [0.4, 0.5) is 0 Å². The number of nitrogens with one attached hydrogen (secondary N) is 2. The van der Waals surface area contributed by atoms with Crippen molar-refractivity contribution in [3.8, 4) is 0 Å². The van der Waals surface area contributed by atoms with E-state index in [9.17, 15) is 4.79 Å². The molecule has 1 aromatic heterocycles. The number of amides is 1. The normalized spacial score (nSPS) is 15.0. The fourth-order valence-electron chi connectivity index (χ4n) is 3.62. The molecule has 2 N–H and O–H groups in total. The van der Waals surface area contributed by atoms with Gasteiger partial charge in [0.25, 0.3) is 5.91 Å². The lowest BCUT2D eigenvalue weighted by atomic mass is 9.89. The maximum atomic E-state index is 12.6. The van der Waals surface area contributed by atoms with Gasteiger partial charge in [-0.05, 0) is 61.4 Å². The summed E-state index contributed by atoms with van der Waals surface area (Å²) in [6, 6.07) is 14.1. The van der Waals surface area contributed by atoms with Crippen molar-refractivity contribution in [2.24, 2.45) is 0 Å². The van der Waals surface area contributed by atoms with Crippen molar-refractivity contribution in [2.75, 3.05) is 0 Å². The number of rotatable bonds is 3. The van der Waals surface area contributed by atoms with Gasteiger partial charge in [0.05, 0.1) is 16.6 Å². The largest absolute Gasteiger partial charge is 0.349 e. The summed E-state index contributed by atoms with van der Waals surface area (Å²) in [4.78, 5) is 15.7. The third-order valence-corrected chi connectivity index (χ3v) is 5.39. The number of hydrogen-bond acceptors (Lipinski definition) is 1. The molecular formula is C21H21ClN2O. The van der Waals surface area contributed by atoms with Crippen LogP contribution in [0.15, 0.2) is 42.5 Å². The van der Waals surface area contributed by atoms with Gasteiger partial charge in [0, 0.05) is 5.39 Å². The number of carbonyl (C=O) groups is 1. The van der Waals surface area contributed by atoms with Crippen molar-refractivity contribution in [1.82, 2.24) is 10.3 Å². The first-order valence-electron chi connectivity index (χ1n) is 8.81. The molecular weight excluding hydrogens is 332 g/mol. The summed E-state index contributed by atoms with van der Waals surface area (Å²) in [7, 11) is 0. The zero-order valence-corrected chi connectivity index (χ0v) is 15.0. The third kappa shape index (κ3) is 3.16. The van der Waals surface area contributed by atoms with E-state index in [4.69, 9.17) is 11.6 Å². The predicted octanol–water partition coefficient (Wildman–Crippen LogP) is 5.19. The maximum absolute atomic E-state index is 12.6. The zero-order valence-electron chi connectivity index (χ0n) is 14.2. The Balaban J connectivity index is 1.54. The highest BCUT2D eigenvalue weighted by Crippen LogP contribution is 2.26. The Bertz CT molecular complexity index is 944. The number of aromatic amines is 1. The number of halogens is 1. The monoisotopic (exact) mass is 352 g/mol. The van der Waals surface area contributed by atoms with E-state index in [0.29, 0.717) is 10.7 Å². The zero-order chi connectivity index (χ0) is 17.4. The van der Waals surface area contributed by atoms with E-state index < -0.39 is 0 Å². The van der Waals surface area contributed by atoms with Crippen molar-refractivity contribution in [1.29, 1.82) is 0 Å². The third-order valence-electron chi connectivity index (χ3n) is 5.07. The minimum Gasteiger partial charge on any atom is -0.349 e. The molecule has 1 aliphatic rings. The number of hydrogen-bond donors (Lipinski definition) is 2. The van der Waals surface area contributed by atoms with Crippen LogP contribution in [0, 0.1) is 0 Å². The van der Waals surface area contributed by atoms with Gasteiger partial charge in [-0.25, -0.2) is 0 Å². The highest BCUT2D eigenvalue weighted by atomic mass is 35.5. The van der Waals surface area contributed by atoms with E-state index >= 15 is 0 Å². The fourth-order valence-corrected chi connectivity index (χ4v) is 3.85. The quantitative estimate of drug-likeness (QED) is 0.669. The molecule has 3 aromatic rings. The van der Waals surface area contributed by atoms with Crippen LogP contribution in [-0.4, -0.2) is 10.9 Å². The number of carbonyl (C=O) groups excluding carboxylic acids is 1. The van der Waals surface area contributed by atoms with Crippen molar-refractivity contribution >= 4 is 28.4 Å². The predicted molar refractivity (Wildman–Crippen MR) is 102 cm³/mol. The molecule has 3 nitrogen and oxygen atoms in total. The number of H-pyrrole nitrogens is 1. The highest BCUT2D eigenvalue weighted by molar-refractivity contribution is 6.35. The molecule has 1 aliphatic carbocycles. The fraction of sp³-hybridized carbons (Fsp3) is 0.286. The Morgan fingerprint density at radius 2 is 1.92 bits per heavy atom. The molecule has 0 radical (unpaired) electrons. The molecule has 0 saturated carbocycles. The van der Waals surface area contributed by atoms with Gasteiger partial charge in [-0.3, -0.25) is 4.79 Å². The molecule has 0 spiro atoms. The van der Waals surface area contributed by atoms with E-state index in [1.165, 1.54) is 30.4 Å². The van der Waals surface area contributed by atoms with Gasteiger partial charge in [0.2, 0.25) is 0 Å². The van der Waals surface area contributed by atoms with Gasteiger partial charge < -0.3 is 10.3 Å². The SMILES string of the molecule is CC(NC(=O)c1cc2cccc(Cl)c2[nH]1)c1ccc2c(c1)CCCC2. The van der Waals surface area contributed by atoms with Gasteiger partial charge in [-0.1, -0.05) is 41.9 Å². The van der Waals surface area contributed by atoms with Crippen molar-refractivity contribution in [2.45, 2.75) is 38.6 Å². The van der Waals surface area contributed by atoms with Crippen LogP contribution in [0.2, 0.25) is 5.02 Å². The van der Waals surface area contributed by atoms with Crippen molar-refractivity contribution < 1.29 is 4.79 Å². The van der Waals surface area contributed by atoms with Crippen LogP contribution in [0.3, 0.4) is 0 Å². The minimum absolute atomic E-state index is 0.0402. The van der Waals surface area contributed by atoms with Crippen LogP contribution >= 0.6 is 11.6 Å². The summed E-state index contributed by atoms with van der Waals surface area (Å²) in [5.74, 6) is -0.113. The first-order chi connectivity index (χ1) is 12.1. The summed E-state index contributed by atoms with van der Waals surface area (Å²) in [5, 5.41) is 4.65. The van der Waals surface area contributed by atoms with Crippen LogP contribution in [0.25, 0.3) is 10.9 Å². The summed E-state index contributed by atoms with van der Waals surface area (Å²) >= 11 is 6.18. The topological polar surface area (TPSA) is 44.9 Å². The Morgan fingerprint density at radius 1 is 1.12 bits per heavy atom. The second-order valence-corrected chi connectivity index (χ2v) is 7.22. The van der Waals surface area contributed by atoms with Gasteiger partial charge >= 0.3 is 0 Å². The molecule has 1 heterocycles. The maximum Gasteiger partial charge on any atom is 0.268 e. The molecule has 0 aliphatic heterocycles. The van der Waals surface area contributed by atoms with E-state index in [-0.39, 0.29) is 11.9 Å². The van der Waals surface area contributed by atoms with E-state index in [2.05, 4.69) is 28.5 Å². The average molecular weight is 353 g/mol. The lowest BCUT2D eigenvalue weighted by Gasteiger charge is -2.20. The molecule has 0 saturated heterocycles. The summed E-state index contributed by atoms with van der Waals surface area (Å²) in [6.45, 7) is 2.03. The number of fused-ring (bicyclic) bond motifs is 2. The molecule has 4 rings (SSSR count). The van der Waals surface area contributed by atoms with E-state index in [1.54, 1.807) is 0 Å². The molecule has 1 atom stereocenters. The van der Waals surface area contributed by atoms with E-state index in [0.717, 1.165) is 22.9 Å². The molecule has 0 bridgehead atoms. The average Bonchev–Trinajstić information content (AvgIpc) is 3.07. The molecule has 2 aromatic carbocycles. The first kappa shape index (κ1) is 16.2. The highest BCUT2D eigenvalue weighted by Gasteiger charge is 2.16. The minimum atomic E-state index is -0.113. The molecule has 25 heavy (non-hydrogen) atoms. The van der Waals surface area contributed by atoms with Crippen LogP contribution < -0.4 is 5.32 Å². The molecule has 0 fully saturated rings. The Hall–Kier alpha value is -2.26. The summed E-state index contributed by atoms with van der Waals surface area (Å²) in [6.07, 6.45) is 4.85. The summed E-state index contributed by atoms with van der Waals surface area (Å²) < 4.78 is 0. The van der Waals surface area contributed by atoms with Gasteiger partial charge in [0.15, 0.2) is 0 Å². The number of para-hydroxylation sites is 1.